The van der Waals surface area contributed by atoms with Gasteiger partial charge in [0.25, 0.3) is 5.89 Å². The summed E-state index contributed by atoms with van der Waals surface area (Å²) < 4.78 is 26.9. The van der Waals surface area contributed by atoms with Crippen molar-refractivity contribution in [2.45, 2.75) is 19.1 Å². The van der Waals surface area contributed by atoms with E-state index < -0.39 is 5.67 Å². The molecule has 10 nitrogen and oxygen atoms in total. The van der Waals surface area contributed by atoms with Crippen molar-refractivity contribution < 1.29 is 18.8 Å². The standard InChI is InChI=1S/C27H30FN7O3/c1-19-14-24(26-29-25(31-38-26)21-6-8-22(9-7-21)27(28)17-37-18-27)30-34(19)16-20-4-3-5-23(15-20)35(36)33-12-10-32(2)11-13-33/h3-9,14-15,35H,10-13,16-18H2,1-2H3. The van der Waals surface area contributed by atoms with E-state index in [4.69, 9.17) is 9.26 Å². The molecule has 4 aromatic rings. The van der Waals surface area contributed by atoms with Crippen molar-refractivity contribution in [1.29, 1.82) is 0 Å². The number of likely N-dealkylation sites (N-methyl/N-ethyl adjacent to an activating group) is 1. The molecule has 2 aliphatic heterocycles. The zero-order chi connectivity index (χ0) is 26.3. The van der Waals surface area contributed by atoms with E-state index in [1.807, 2.05) is 46.9 Å². The van der Waals surface area contributed by atoms with Crippen LogP contribution in [0.4, 0.5) is 10.1 Å². The molecule has 2 fully saturated rings. The maximum atomic E-state index is 14.5. The van der Waals surface area contributed by atoms with Crippen LogP contribution in [0, 0.1) is 12.1 Å². The Labute approximate surface area is 219 Å². The van der Waals surface area contributed by atoms with Gasteiger partial charge in [0.15, 0.2) is 17.1 Å². The number of ether oxygens (including phenoxy) is 1. The maximum absolute atomic E-state index is 14.5. The lowest BCUT2D eigenvalue weighted by Gasteiger charge is -2.38. The Bertz CT molecular complexity index is 1410. The molecule has 1 N–H and O–H groups in total. The molecule has 1 atom stereocenters. The second-order valence-electron chi connectivity index (χ2n) is 10.1. The van der Waals surface area contributed by atoms with Gasteiger partial charge in [-0.05, 0) is 31.2 Å². The Kier molecular flexibility index (Phi) is 6.54. The van der Waals surface area contributed by atoms with Crippen LogP contribution >= 0.6 is 0 Å². The largest absolute Gasteiger partial charge is 0.608 e. The third-order valence-electron chi connectivity index (χ3n) is 7.25. The summed E-state index contributed by atoms with van der Waals surface area (Å²) in [4.78, 5) is 6.74. The number of hydrogen-bond acceptors (Lipinski definition) is 8. The van der Waals surface area contributed by atoms with Gasteiger partial charge >= 0.3 is 0 Å². The summed E-state index contributed by atoms with van der Waals surface area (Å²) in [5.41, 5.74) is 3.06. The maximum Gasteiger partial charge on any atom is 0.278 e. The van der Waals surface area contributed by atoms with Crippen LogP contribution in [-0.2, 0) is 17.0 Å². The molecule has 0 bridgehead atoms. The molecule has 6 rings (SSSR count). The minimum Gasteiger partial charge on any atom is -0.608 e. The highest BCUT2D eigenvalue weighted by Gasteiger charge is 2.40. The van der Waals surface area contributed by atoms with Crippen molar-refractivity contribution in [1.82, 2.24) is 29.8 Å². The first-order chi connectivity index (χ1) is 18.4. The van der Waals surface area contributed by atoms with Gasteiger partial charge in [0.05, 0.1) is 32.8 Å². The minimum absolute atomic E-state index is 0.0620. The van der Waals surface area contributed by atoms with E-state index in [0.717, 1.165) is 43.0 Å². The van der Waals surface area contributed by atoms with E-state index in [0.29, 0.717) is 35.2 Å². The molecule has 0 spiro atoms. The Morgan fingerprint density at radius 3 is 2.53 bits per heavy atom. The van der Waals surface area contributed by atoms with Crippen LogP contribution in [0.3, 0.4) is 0 Å². The number of nitrogens with one attached hydrogen (secondary N) is 1. The molecule has 4 heterocycles. The van der Waals surface area contributed by atoms with Crippen LogP contribution in [0.2, 0.25) is 0 Å². The topological polar surface area (TPSA) is 99.9 Å². The van der Waals surface area contributed by atoms with Crippen LogP contribution < -0.4 is 5.17 Å². The fraction of sp³-hybridized carbons (Fsp3) is 0.370. The zero-order valence-electron chi connectivity index (χ0n) is 21.4. The van der Waals surface area contributed by atoms with Crippen LogP contribution in [0.25, 0.3) is 23.0 Å². The van der Waals surface area contributed by atoms with Crippen molar-refractivity contribution in [3.8, 4) is 23.0 Å². The summed E-state index contributed by atoms with van der Waals surface area (Å²) in [6, 6.07) is 16.6. The van der Waals surface area contributed by atoms with Gasteiger partial charge in [0.2, 0.25) is 5.82 Å². The number of aromatic nitrogens is 4. The molecule has 2 aromatic heterocycles. The highest BCUT2D eigenvalue weighted by molar-refractivity contribution is 5.58. The molecule has 198 valence electrons. The van der Waals surface area contributed by atoms with Gasteiger partial charge in [-0.15, -0.1) is 5.01 Å². The van der Waals surface area contributed by atoms with Gasteiger partial charge in [-0.1, -0.05) is 41.6 Å². The summed E-state index contributed by atoms with van der Waals surface area (Å²) in [5.74, 6) is 0.714. The Morgan fingerprint density at radius 1 is 1.05 bits per heavy atom. The van der Waals surface area contributed by atoms with Crippen molar-refractivity contribution in [2.75, 3.05) is 46.4 Å². The number of benzene rings is 2. The first-order valence-corrected chi connectivity index (χ1v) is 12.7. The smallest absolute Gasteiger partial charge is 0.278 e. The number of rotatable bonds is 7. The molecule has 0 radical (unpaired) electrons. The predicted octanol–water partition coefficient (Wildman–Crippen LogP) is 2.33. The van der Waals surface area contributed by atoms with Crippen LogP contribution in [0.5, 0.6) is 0 Å². The average molecular weight is 520 g/mol. The van der Waals surface area contributed by atoms with E-state index in [1.165, 1.54) is 0 Å². The number of quaternary nitrogens is 1. The van der Waals surface area contributed by atoms with Crippen molar-refractivity contribution in [3.63, 3.8) is 0 Å². The number of halogens is 1. The molecular weight excluding hydrogens is 489 g/mol. The Hall–Kier alpha value is -3.48. The molecular formula is C27H30FN7O3. The van der Waals surface area contributed by atoms with Crippen LogP contribution in [0.15, 0.2) is 59.1 Å². The van der Waals surface area contributed by atoms with E-state index in [2.05, 4.69) is 27.2 Å². The van der Waals surface area contributed by atoms with Gasteiger partial charge in [0.1, 0.15) is 0 Å². The van der Waals surface area contributed by atoms with Gasteiger partial charge < -0.3 is 19.4 Å². The predicted molar refractivity (Wildman–Crippen MR) is 138 cm³/mol. The number of hydrogen-bond donors (Lipinski definition) is 1. The lowest BCUT2D eigenvalue weighted by molar-refractivity contribution is -0.913. The lowest BCUT2D eigenvalue weighted by atomic mass is 9.93. The molecule has 2 aliphatic rings. The molecule has 2 aromatic carbocycles. The summed E-state index contributed by atoms with van der Waals surface area (Å²) in [7, 11) is 2.07. The fourth-order valence-corrected chi connectivity index (χ4v) is 4.75. The lowest BCUT2D eigenvalue weighted by Crippen LogP contribution is -3.10. The second-order valence-corrected chi connectivity index (χ2v) is 10.1. The molecule has 0 aliphatic carbocycles. The molecule has 0 saturated carbocycles. The summed E-state index contributed by atoms with van der Waals surface area (Å²) in [5, 5.41) is 23.7. The van der Waals surface area contributed by atoms with Gasteiger partial charge in [-0.2, -0.15) is 10.1 Å². The highest BCUT2D eigenvalue weighted by Crippen LogP contribution is 2.34. The van der Waals surface area contributed by atoms with Crippen molar-refractivity contribution in [2.24, 2.45) is 0 Å². The van der Waals surface area contributed by atoms with E-state index in [9.17, 15) is 9.60 Å². The SMILES string of the molecule is Cc1cc(-c2nc(-c3ccc(C4(F)COC4)cc3)no2)nn1Cc1cccc([NH+]([O-])N2CCN(C)CC2)c1. The number of aryl methyl sites for hydroxylation is 1. The molecule has 38 heavy (non-hydrogen) atoms. The Morgan fingerprint density at radius 2 is 1.82 bits per heavy atom. The first-order valence-electron chi connectivity index (χ1n) is 12.7. The summed E-state index contributed by atoms with van der Waals surface area (Å²) in [6.45, 7) is 5.88. The average Bonchev–Trinajstić information content (AvgIpc) is 3.55. The summed E-state index contributed by atoms with van der Waals surface area (Å²) >= 11 is 0. The van der Waals surface area contributed by atoms with Crippen LogP contribution in [0.1, 0.15) is 16.8 Å². The number of nitrogens with zero attached hydrogens (tertiary/aromatic N) is 6. The third-order valence-corrected chi connectivity index (χ3v) is 7.25. The fourth-order valence-electron chi connectivity index (χ4n) is 4.75. The number of alkyl halides is 1. The molecule has 0 amide bonds. The monoisotopic (exact) mass is 519 g/mol. The van der Waals surface area contributed by atoms with Crippen LogP contribution in [-0.4, -0.2) is 76.3 Å². The van der Waals surface area contributed by atoms with Gasteiger partial charge in [0, 0.05) is 36.5 Å². The number of piperazine rings is 1. The van der Waals surface area contributed by atoms with Crippen molar-refractivity contribution in [3.05, 3.63) is 76.6 Å². The van der Waals surface area contributed by atoms with E-state index in [1.54, 1.807) is 24.3 Å². The Balaban J connectivity index is 1.16. The van der Waals surface area contributed by atoms with Gasteiger partial charge in [-0.25, -0.2) is 4.39 Å². The molecule has 11 heteroatoms. The normalized spacial score (nSPS) is 18.8. The highest BCUT2D eigenvalue weighted by atomic mass is 19.1. The first kappa shape index (κ1) is 24.8. The second kappa shape index (κ2) is 10.0. The molecule has 2 saturated heterocycles. The van der Waals surface area contributed by atoms with E-state index in [-0.39, 0.29) is 18.4 Å². The zero-order valence-corrected chi connectivity index (χ0v) is 21.4. The third kappa shape index (κ3) is 4.86. The molecule has 1 unspecified atom stereocenters. The quantitative estimate of drug-likeness (QED) is 0.372. The minimum atomic E-state index is -1.41. The van der Waals surface area contributed by atoms with Crippen molar-refractivity contribution >= 4 is 5.69 Å². The van der Waals surface area contributed by atoms with E-state index >= 15 is 0 Å². The van der Waals surface area contributed by atoms with Gasteiger partial charge in [-0.3, -0.25) is 9.85 Å². The summed E-state index contributed by atoms with van der Waals surface area (Å²) in [6.07, 6.45) is 0.